The zero-order valence-electron chi connectivity index (χ0n) is 11.4. The van der Waals surface area contributed by atoms with Gasteiger partial charge in [-0.2, -0.15) is 0 Å². The fourth-order valence-electron chi connectivity index (χ4n) is 1.87. The van der Waals surface area contributed by atoms with Gasteiger partial charge in [-0.05, 0) is 18.9 Å². The van der Waals surface area contributed by atoms with Crippen molar-refractivity contribution in [2.75, 3.05) is 46.6 Å². The van der Waals surface area contributed by atoms with Gasteiger partial charge < -0.3 is 19.5 Å². The van der Waals surface area contributed by atoms with Gasteiger partial charge in [0.2, 0.25) is 0 Å². The molecule has 2 unspecified atom stereocenters. The highest BCUT2D eigenvalue weighted by Crippen LogP contribution is 2.13. The van der Waals surface area contributed by atoms with Gasteiger partial charge in [-0.1, -0.05) is 13.8 Å². The quantitative estimate of drug-likeness (QED) is 0.664. The Bertz CT molecular complexity index is 182. The van der Waals surface area contributed by atoms with E-state index in [0.717, 1.165) is 39.3 Å². The molecular formula is C13H27NO3. The number of rotatable bonds is 9. The van der Waals surface area contributed by atoms with Crippen LogP contribution >= 0.6 is 0 Å². The topological polar surface area (TPSA) is 39.7 Å². The van der Waals surface area contributed by atoms with Gasteiger partial charge in [0, 0.05) is 26.2 Å². The highest BCUT2D eigenvalue weighted by atomic mass is 16.5. The van der Waals surface area contributed by atoms with Crippen molar-refractivity contribution in [3.05, 3.63) is 0 Å². The molecule has 4 nitrogen and oxygen atoms in total. The molecule has 2 atom stereocenters. The van der Waals surface area contributed by atoms with Crippen LogP contribution in [0.1, 0.15) is 20.3 Å². The first-order chi connectivity index (χ1) is 8.22. The maximum absolute atomic E-state index is 5.88. The Labute approximate surface area is 105 Å². The lowest BCUT2D eigenvalue weighted by atomic mass is 10.1. The molecule has 1 aliphatic rings. The van der Waals surface area contributed by atoms with Crippen molar-refractivity contribution in [1.82, 2.24) is 5.32 Å². The van der Waals surface area contributed by atoms with Crippen molar-refractivity contribution < 1.29 is 14.2 Å². The largest absolute Gasteiger partial charge is 0.382 e. The zero-order valence-corrected chi connectivity index (χ0v) is 11.4. The average Bonchev–Trinajstić information content (AvgIpc) is 2.78. The Kier molecular flexibility index (Phi) is 7.77. The highest BCUT2D eigenvalue weighted by Gasteiger charge is 2.18. The highest BCUT2D eigenvalue weighted by molar-refractivity contribution is 4.67. The molecule has 1 rings (SSSR count). The molecule has 4 heteroatoms. The van der Waals surface area contributed by atoms with Crippen molar-refractivity contribution in [2.24, 2.45) is 11.8 Å². The molecule has 0 aliphatic carbocycles. The normalized spacial score (nSPS) is 22.2. The minimum absolute atomic E-state index is 0.152. The summed E-state index contributed by atoms with van der Waals surface area (Å²) in [5.41, 5.74) is 0. The van der Waals surface area contributed by atoms with Crippen molar-refractivity contribution in [2.45, 2.75) is 26.4 Å². The first-order valence-corrected chi connectivity index (χ1v) is 6.61. The Morgan fingerprint density at radius 2 is 2.18 bits per heavy atom. The lowest BCUT2D eigenvalue weighted by Crippen LogP contribution is -2.35. The predicted octanol–water partition coefficient (Wildman–Crippen LogP) is 1.30. The van der Waals surface area contributed by atoms with Crippen LogP contribution in [0.3, 0.4) is 0 Å². The molecule has 1 saturated heterocycles. The van der Waals surface area contributed by atoms with E-state index in [2.05, 4.69) is 19.2 Å². The third-order valence-electron chi connectivity index (χ3n) is 2.87. The predicted molar refractivity (Wildman–Crippen MR) is 68.2 cm³/mol. The number of ether oxygens (including phenoxy) is 3. The Hall–Kier alpha value is -0.160. The summed E-state index contributed by atoms with van der Waals surface area (Å²) in [6.45, 7) is 9.46. The number of nitrogens with one attached hydrogen (secondary N) is 1. The van der Waals surface area contributed by atoms with Crippen LogP contribution in [0.15, 0.2) is 0 Å². The van der Waals surface area contributed by atoms with Crippen molar-refractivity contribution in [1.29, 1.82) is 0 Å². The summed E-state index contributed by atoms with van der Waals surface area (Å²) in [5.74, 6) is 1.24. The molecule has 0 radical (unpaired) electrons. The molecule has 17 heavy (non-hydrogen) atoms. The third kappa shape index (κ3) is 6.99. The van der Waals surface area contributed by atoms with Crippen LogP contribution in [0.5, 0.6) is 0 Å². The summed E-state index contributed by atoms with van der Waals surface area (Å²) in [7, 11) is 1.72. The van der Waals surface area contributed by atoms with Crippen LogP contribution in [0.2, 0.25) is 0 Å². The monoisotopic (exact) mass is 245 g/mol. The van der Waals surface area contributed by atoms with Crippen molar-refractivity contribution in [3.8, 4) is 0 Å². The molecule has 1 N–H and O–H groups in total. The van der Waals surface area contributed by atoms with Gasteiger partial charge in [-0.15, -0.1) is 0 Å². The SMILES string of the molecule is COCC(CNCC(C)C)OCC1CCOC1. The number of hydrogen-bond donors (Lipinski definition) is 1. The number of methoxy groups -OCH3 is 1. The fraction of sp³-hybridized carbons (Fsp3) is 1.00. The minimum atomic E-state index is 0.152. The maximum atomic E-state index is 5.88. The maximum Gasteiger partial charge on any atom is 0.0932 e. The zero-order chi connectivity index (χ0) is 12.5. The molecular weight excluding hydrogens is 218 g/mol. The molecule has 0 amide bonds. The van der Waals surface area contributed by atoms with E-state index >= 15 is 0 Å². The molecule has 1 fully saturated rings. The fourth-order valence-corrected chi connectivity index (χ4v) is 1.87. The lowest BCUT2D eigenvalue weighted by Gasteiger charge is -2.20. The van der Waals surface area contributed by atoms with E-state index in [-0.39, 0.29) is 6.10 Å². The van der Waals surface area contributed by atoms with Gasteiger partial charge >= 0.3 is 0 Å². The summed E-state index contributed by atoms with van der Waals surface area (Å²) in [6, 6.07) is 0. The van der Waals surface area contributed by atoms with Crippen LogP contribution < -0.4 is 5.32 Å². The summed E-state index contributed by atoms with van der Waals surface area (Å²) in [5, 5.41) is 3.41. The van der Waals surface area contributed by atoms with Crippen LogP contribution in [0.25, 0.3) is 0 Å². The Morgan fingerprint density at radius 1 is 1.35 bits per heavy atom. The molecule has 1 aliphatic heterocycles. The second-order valence-corrected chi connectivity index (χ2v) is 5.19. The van der Waals surface area contributed by atoms with E-state index in [1.54, 1.807) is 7.11 Å². The van der Waals surface area contributed by atoms with E-state index in [1.165, 1.54) is 0 Å². The van der Waals surface area contributed by atoms with Gasteiger partial charge in [0.25, 0.3) is 0 Å². The lowest BCUT2D eigenvalue weighted by molar-refractivity contribution is -0.0171. The standard InChI is InChI=1S/C13H27NO3/c1-11(2)6-14-7-13(10-15-3)17-9-12-4-5-16-8-12/h11-14H,4-10H2,1-3H3. The second-order valence-electron chi connectivity index (χ2n) is 5.19. The summed E-state index contributed by atoms with van der Waals surface area (Å²) < 4.78 is 16.4. The molecule has 0 aromatic carbocycles. The average molecular weight is 245 g/mol. The van der Waals surface area contributed by atoms with Gasteiger partial charge in [0.15, 0.2) is 0 Å². The molecule has 0 aromatic rings. The van der Waals surface area contributed by atoms with E-state index in [0.29, 0.717) is 18.4 Å². The van der Waals surface area contributed by atoms with Crippen LogP contribution in [0.4, 0.5) is 0 Å². The van der Waals surface area contributed by atoms with Gasteiger partial charge in [-0.25, -0.2) is 0 Å². The minimum Gasteiger partial charge on any atom is -0.382 e. The Morgan fingerprint density at radius 3 is 2.76 bits per heavy atom. The molecule has 0 bridgehead atoms. The van der Waals surface area contributed by atoms with Gasteiger partial charge in [0.05, 0.1) is 25.9 Å². The van der Waals surface area contributed by atoms with Crippen LogP contribution in [-0.2, 0) is 14.2 Å². The summed E-state index contributed by atoms with van der Waals surface area (Å²) in [4.78, 5) is 0. The smallest absolute Gasteiger partial charge is 0.0932 e. The molecule has 1 heterocycles. The van der Waals surface area contributed by atoms with Gasteiger partial charge in [-0.3, -0.25) is 0 Å². The molecule has 102 valence electrons. The van der Waals surface area contributed by atoms with E-state index in [1.807, 2.05) is 0 Å². The van der Waals surface area contributed by atoms with E-state index in [4.69, 9.17) is 14.2 Å². The molecule has 0 saturated carbocycles. The summed E-state index contributed by atoms with van der Waals surface area (Å²) >= 11 is 0. The second kappa shape index (κ2) is 8.86. The third-order valence-corrected chi connectivity index (χ3v) is 2.87. The Balaban J connectivity index is 2.12. The van der Waals surface area contributed by atoms with Crippen molar-refractivity contribution >= 4 is 0 Å². The molecule has 0 spiro atoms. The van der Waals surface area contributed by atoms with Crippen LogP contribution in [0, 0.1) is 11.8 Å². The van der Waals surface area contributed by atoms with Crippen LogP contribution in [-0.4, -0.2) is 52.7 Å². The van der Waals surface area contributed by atoms with Crippen molar-refractivity contribution in [3.63, 3.8) is 0 Å². The van der Waals surface area contributed by atoms with E-state index in [9.17, 15) is 0 Å². The first kappa shape index (κ1) is 14.9. The number of hydrogen-bond acceptors (Lipinski definition) is 4. The first-order valence-electron chi connectivity index (χ1n) is 6.61. The van der Waals surface area contributed by atoms with E-state index < -0.39 is 0 Å². The molecule has 0 aromatic heterocycles. The van der Waals surface area contributed by atoms with Gasteiger partial charge in [0.1, 0.15) is 0 Å². The summed E-state index contributed by atoms with van der Waals surface area (Å²) in [6.07, 6.45) is 1.28.